The molecule has 0 atom stereocenters. The molecule has 1 aliphatic heterocycles. The number of hydrogen-bond donors (Lipinski definition) is 1. The number of fused-ring (bicyclic) bond motifs is 1. The number of rotatable bonds is 5. The molecule has 0 saturated heterocycles. The van der Waals surface area contributed by atoms with Crippen LogP contribution >= 0.6 is 0 Å². The van der Waals surface area contributed by atoms with E-state index in [-0.39, 0.29) is 43.3 Å². The first kappa shape index (κ1) is 26.7. The lowest BCUT2D eigenvalue weighted by molar-refractivity contribution is -0.141. The first-order chi connectivity index (χ1) is 15.4. The summed E-state index contributed by atoms with van der Waals surface area (Å²) in [6.07, 6.45) is 1.40. The molecule has 2 rings (SSSR count). The Labute approximate surface area is 194 Å². The maximum absolute atomic E-state index is 14.2. The topological polar surface area (TPSA) is 81.2 Å². The van der Waals surface area contributed by atoms with Crippen LogP contribution in [0, 0.1) is 17.0 Å². The Morgan fingerprint density at radius 3 is 2.18 bits per heavy atom. The third kappa shape index (κ3) is 7.77. The normalized spacial score (nSPS) is 16.5. The number of hydrogen-bond acceptors (Lipinski definition) is 4. The van der Waals surface area contributed by atoms with E-state index in [4.69, 9.17) is 5.11 Å². The van der Waals surface area contributed by atoms with Crippen molar-refractivity contribution in [3.63, 3.8) is 0 Å². The van der Waals surface area contributed by atoms with Crippen LogP contribution in [0.3, 0.4) is 0 Å². The number of nitrogens with zero attached hydrogens (tertiary/aromatic N) is 3. The zero-order chi connectivity index (χ0) is 24.8. The van der Waals surface area contributed by atoms with Crippen molar-refractivity contribution in [2.24, 2.45) is 5.41 Å². The smallest absolute Gasteiger partial charge is 0.303 e. The van der Waals surface area contributed by atoms with Gasteiger partial charge in [-0.3, -0.25) is 14.4 Å². The monoisotopic (exact) mass is 467 g/mol. The molecule has 0 saturated carbocycles. The largest absolute Gasteiger partial charge is 0.481 e. The van der Waals surface area contributed by atoms with Crippen LogP contribution in [0.4, 0.5) is 14.5 Å². The van der Waals surface area contributed by atoms with Gasteiger partial charge in [0.05, 0.1) is 12.1 Å². The molecule has 7 nitrogen and oxygen atoms in total. The van der Waals surface area contributed by atoms with Gasteiger partial charge >= 0.3 is 5.97 Å². The molecule has 0 spiro atoms. The SMILES string of the molecule is CCC(=O)N1CCCN(C)CCCN(C(=O)CC(C)(C)CC(=O)O)Cc2cc(F)c(F)cc21. The van der Waals surface area contributed by atoms with Crippen molar-refractivity contribution in [2.45, 2.75) is 59.4 Å². The van der Waals surface area contributed by atoms with Gasteiger partial charge in [-0.2, -0.15) is 0 Å². The molecule has 0 bridgehead atoms. The lowest BCUT2D eigenvalue weighted by Crippen LogP contribution is -2.39. The molecule has 184 valence electrons. The van der Waals surface area contributed by atoms with Crippen molar-refractivity contribution in [2.75, 3.05) is 38.1 Å². The standard InChI is InChI=1S/C24H35F2N3O4/c1-5-21(30)29-11-7-9-27(4)8-6-10-28(22(31)14-24(2,3)15-23(32)33)16-17-12-18(25)19(26)13-20(17)29/h12-13H,5-11,14-16H2,1-4H3,(H,32,33). The molecule has 1 aliphatic rings. The van der Waals surface area contributed by atoms with Gasteiger partial charge in [-0.15, -0.1) is 0 Å². The fraction of sp³-hybridized carbons (Fsp3) is 0.625. The third-order valence-corrected chi connectivity index (χ3v) is 5.88. The van der Waals surface area contributed by atoms with Crippen LogP contribution in [0.5, 0.6) is 0 Å². The number of aliphatic carboxylic acids is 1. The Morgan fingerprint density at radius 2 is 1.58 bits per heavy atom. The highest BCUT2D eigenvalue weighted by molar-refractivity contribution is 5.94. The molecule has 0 fully saturated rings. The van der Waals surface area contributed by atoms with Gasteiger partial charge in [-0.1, -0.05) is 20.8 Å². The van der Waals surface area contributed by atoms with E-state index < -0.39 is 23.0 Å². The molecule has 1 N–H and O–H groups in total. The minimum atomic E-state index is -1.05. The molecule has 1 heterocycles. The summed E-state index contributed by atoms with van der Waals surface area (Å²) in [4.78, 5) is 42.2. The summed E-state index contributed by atoms with van der Waals surface area (Å²) < 4.78 is 28.4. The second-order valence-electron chi connectivity index (χ2n) is 9.53. The van der Waals surface area contributed by atoms with Crippen molar-refractivity contribution >= 4 is 23.5 Å². The molecule has 0 unspecified atom stereocenters. The first-order valence-corrected chi connectivity index (χ1v) is 11.4. The van der Waals surface area contributed by atoms with Crippen LogP contribution in [0.25, 0.3) is 0 Å². The van der Waals surface area contributed by atoms with Crippen LogP contribution in [0.2, 0.25) is 0 Å². The van der Waals surface area contributed by atoms with E-state index in [9.17, 15) is 23.2 Å². The maximum Gasteiger partial charge on any atom is 0.303 e. The van der Waals surface area contributed by atoms with Crippen LogP contribution in [0.15, 0.2) is 12.1 Å². The summed E-state index contributed by atoms with van der Waals surface area (Å²) in [5.41, 5.74) is -0.134. The molecule has 0 radical (unpaired) electrons. The Hall–Kier alpha value is -2.55. The van der Waals surface area contributed by atoms with E-state index in [0.29, 0.717) is 38.0 Å². The molecule has 9 heteroatoms. The van der Waals surface area contributed by atoms with Crippen molar-refractivity contribution < 1.29 is 28.3 Å². The van der Waals surface area contributed by atoms with E-state index in [1.54, 1.807) is 25.7 Å². The second kappa shape index (κ2) is 11.5. The van der Waals surface area contributed by atoms with E-state index in [2.05, 4.69) is 4.90 Å². The highest BCUT2D eigenvalue weighted by atomic mass is 19.2. The Kier molecular flexibility index (Phi) is 9.34. The minimum Gasteiger partial charge on any atom is -0.481 e. The van der Waals surface area contributed by atoms with Crippen LogP contribution < -0.4 is 4.90 Å². The average Bonchev–Trinajstić information content (AvgIpc) is 2.70. The number of carbonyl (C=O) groups is 3. The Balaban J connectivity index is 2.46. The van der Waals surface area contributed by atoms with Crippen molar-refractivity contribution in [1.29, 1.82) is 0 Å². The molecule has 1 aromatic carbocycles. The van der Waals surface area contributed by atoms with Crippen molar-refractivity contribution in [3.8, 4) is 0 Å². The van der Waals surface area contributed by atoms with Gasteiger partial charge in [0.15, 0.2) is 11.6 Å². The summed E-state index contributed by atoms with van der Waals surface area (Å²) in [5, 5.41) is 9.16. The second-order valence-corrected chi connectivity index (χ2v) is 9.53. The summed E-state index contributed by atoms with van der Waals surface area (Å²) in [6, 6.07) is 2.09. The van der Waals surface area contributed by atoms with Crippen LogP contribution in [-0.2, 0) is 20.9 Å². The van der Waals surface area contributed by atoms with E-state index >= 15 is 0 Å². The zero-order valence-electron chi connectivity index (χ0n) is 20.0. The van der Waals surface area contributed by atoms with Crippen LogP contribution in [0.1, 0.15) is 58.4 Å². The average molecular weight is 468 g/mol. The van der Waals surface area contributed by atoms with Gasteiger partial charge in [0.1, 0.15) is 0 Å². The first-order valence-electron chi connectivity index (χ1n) is 11.4. The maximum atomic E-state index is 14.2. The predicted molar refractivity (Wildman–Crippen MR) is 122 cm³/mol. The number of benzene rings is 1. The molecular formula is C24H35F2N3O4. The molecule has 33 heavy (non-hydrogen) atoms. The van der Waals surface area contributed by atoms with Gasteiger partial charge in [0.2, 0.25) is 11.8 Å². The summed E-state index contributed by atoms with van der Waals surface area (Å²) >= 11 is 0. The summed E-state index contributed by atoms with van der Waals surface area (Å²) in [7, 11) is 1.96. The molecule has 2 amide bonds. The summed E-state index contributed by atoms with van der Waals surface area (Å²) in [5.74, 6) is -3.54. The van der Waals surface area contributed by atoms with E-state index in [1.165, 1.54) is 4.90 Å². The Morgan fingerprint density at radius 1 is 0.970 bits per heavy atom. The van der Waals surface area contributed by atoms with Gasteiger partial charge in [0, 0.05) is 38.5 Å². The molecular weight excluding hydrogens is 432 g/mol. The number of carboxylic acids is 1. The molecule has 1 aromatic rings. The third-order valence-electron chi connectivity index (χ3n) is 5.88. The number of amides is 2. The number of anilines is 1. The van der Waals surface area contributed by atoms with Gasteiger partial charge in [-0.25, -0.2) is 8.78 Å². The number of carboxylic acid groups (broad SMARTS) is 1. The van der Waals surface area contributed by atoms with Gasteiger partial charge < -0.3 is 19.8 Å². The fourth-order valence-electron chi connectivity index (χ4n) is 4.16. The lowest BCUT2D eigenvalue weighted by Gasteiger charge is -2.32. The fourth-order valence-corrected chi connectivity index (χ4v) is 4.16. The lowest BCUT2D eigenvalue weighted by atomic mass is 9.85. The van der Waals surface area contributed by atoms with Crippen molar-refractivity contribution in [1.82, 2.24) is 9.80 Å². The number of halogens is 2. The van der Waals surface area contributed by atoms with E-state index in [1.807, 2.05) is 7.05 Å². The predicted octanol–water partition coefficient (Wildman–Crippen LogP) is 3.65. The Bertz CT molecular complexity index is 876. The molecule has 0 aromatic heterocycles. The number of carbonyl (C=O) groups excluding carboxylic acids is 2. The van der Waals surface area contributed by atoms with Gasteiger partial charge in [0.25, 0.3) is 0 Å². The highest BCUT2D eigenvalue weighted by Gasteiger charge is 2.29. The highest BCUT2D eigenvalue weighted by Crippen LogP contribution is 2.30. The van der Waals surface area contributed by atoms with E-state index in [0.717, 1.165) is 18.7 Å². The minimum absolute atomic E-state index is 0.00568. The summed E-state index contributed by atoms with van der Waals surface area (Å²) in [6.45, 7) is 7.33. The molecule has 0 aliphatic carbocycles. The quantitative estimate of drug-likeness (QED) is 0.715. The van der Waals surface area contributed by atoms with Gasteiger partial charge in [-0.05, 0) is 50.0 Å². The zero-order valence-corrected chi connectivity index (χ0v) is 20.0. The van der Waals surface area contributed by atoms with Crippen molar-refractivity contribution in [3.05, 3.63) is 29.3 Å². The van der Waals surface area contributed by atoms with Crippen LogP contribution in [-0.4, -0.2) is 65.9 Å².